The first-order valence-electron chi connectivity index (χ1n) is 9.26. The number of allylic oxidation sites excluding steroid dienone is 2. The van der Waals surface area contributed by atoms with Crippen LogP contribution in [0.3, 0.4) is 0 Å². The Morgan fingerprint density at radius 1 is 1.25 bits per heavy atom. The number of hydrogen-bond donors (Lipinski definition) is 0. The van der Waals surface area contributed by atoms with Gasteiger partial charge in [-0.2, -0.15) is 0 Å². The van der Waals surface area contributed by atoms with Crippen LogP contribution in [-0.2, 0) is 16.5 Å². The first kappa shape index (κ1) is 18.5. The third kappa shape index (κ3) is 3.61. The van der Waals surface area contributed by atoms with E-state index in [0.717, 1.165) is 0 Å². The molecule has 3 heterocycles. The van der Waals surface area contributed by atoms with Crippen molar-refractivity contribution < 1.29 is 9.47 Å². The smallest absolute Gasteiger partial charge is 0.255 e. The van der Waals surface area contributed by atoms with E-state index in [1.54, 1.807) is 31.0 Å². The molecule has 1 fully saturated rings. The van der Waals surface area contributed by atoms with E-state index in [0.29, 0.717) is 37.0 Å². The third-order valence-corrected chi connectivity index (χ3v) is 5.16. The lowest BCUT2D eigenvalue weighted by Gasteiger charge is -2.39. The van der Waals surface area contributed by atoms with Crippen molar-refractivity contribution in [1.29, 1.82) is 0 Å². The van der Waals surface area contributed by atoms with E-state index in [2.05, 4.69) is 20.9 Å². The van der Waals surface area contributed by atoms with Gasteiger partial charge in [0.1, 0.15) is 6.33 Å². The van der Waals surface area contributed by atoms with Gasteiger partial charge in [-0.15, -0.1) is 0 Å². The van der Waals surface area contributed by atoms with Crippen molar-refractivity contribution >= 4 is 5.95 Å². The minimum atomic E-state index is -0.128. The van der Waals surface area contributed by atoms with Crippen LogP contribution in [0.25, 0.3) is 11.4 Å². The second kappa shape index (κ2) is 8.04. The van der Waals surface area contributed by atoms with Crippen LogP contribution in [0, 0.1) is 5.92 Å². The molecule has 0 aromatic carbocycles. The Labute approximate surface area is 163 Å². The predicted molar refractivity (Wildman–Crippen MR) is 105 cm³/mol. The van der Waals surface area contributed by atoms with Gasteiger partial charge in [0, 0.05) is 45.4 Å². The molecule has 0 N–H and O–H groups in total. The molecule has 0 amide bonds. The molecule has 2 unspecified atom stereocenters. The fourth-order valence-electron chi connectivity index (χ4n) is 3.65. The molecule has 2 aromatic heterocycles. The summed E-state index contributed by atoms with van der Waals surface area (Å²) in [5.41, 5.74) is 1.04. The van der Waals surface area contributed by atoms with Gasteiger partial charge < -0.3 is 14.4 Å². The zero-order valence-electron chi connectivity index (χ0n) is 15.9. The van der Waals surface area contributed by atoms with E-state index in [-0.39, 0.29) is 23.7 Å². The number of anilines is 1. The first-order valence-corrected chi connectivity index (χ1v) is 9.26. The van der Waals surface area contributed by atoms with Gasteiger partial charge in [0.2, 0.25) is 5.95 Å². The summed E-state index contributed by atoms with van der Waals surface area (Å²) >= 11 is 0. The summed E-state index contributed by atoms with van der Waals surface area (Å²) < 4.78 is 13.2. The summed E-state index contributed by atoms with van der Waals surface area (Å²) in [4.78, 5) is 27.5. The van der Waals surface area contributed by atoms with Crippen molar-refractivity contribution in [2.75, 3.05) is 31.7 Å². The van der Waals surface area contributed by atoms with Crippen molar-refractivity contribution in [3.63, 3.8) is 0 Å². The molecule has 0 saturated carbocycles. The number of nitrogens with zero attached hydrogens (tertiary/aromatic N) is 5. The Bertz CT molecular complexity index is 941. The second-order valence-corrected chi connectivity index (χ2v) is 6.84. The van der Waals surface area contributed by atoms with Crippen molar-refractivity contribution in [3.8, 4) is 11.4 Å². The maximum absolute atomic E-state index is 12.5. The molecule has 2 aliphatic rings. The van der Waals surface area contributed by atoms with Crippen molar-refractivity contribution in [2.24, 2.45) is 13.0 Å². The largest absolute Gasteiger partial charge is 0.377 e. The van der Waals surface area contributed by atoms with Gasteiger partial charge in [-0.25, -0.2) is 15.0 Å². The zero-order chi connectivity index (χ0) is 19.5. The number of rotatable bonds is 4. The summed E-state index contributed by atoms with van der Waals surface area (Å²) in [6, 6.07) is 3.25. The highest BCUT2D eigenvalue weighted by molar-refractivity contribution is 5.55. The van der Waals surface area contributed by atoms with E-state index >= 15 is 0 Å². The van der Waals surface area contributed by atoms with Gasteiger partial charge in [0.25, 0.3) is 5.56 Å². The monoisotopic (exact) mass is 381 g/mol. The second-order valence-electron chi connectivity index (χ2n) is 6.84. The van der Waals surface area contributed by atoms with E-state index in [4.69, 9.17) is 14.5 Å². The third-order valence-electron chi connectivity index (χ3n) is 5.16. The highest BCUT2D eigenvalue weighted by Gasteiger charge is 2.33. The number of methoxy groups -OCH3 is 1. The van der Waals surface area contributed by atoms with Gasteiger partial charge in [0.05, 0.1) is 30.2 Å². The van der Waals surface area contributed by atoms with Crippen LogP contribution in [0.1, 0.15) is 0 Å². The number of morpholine rings is 1. The van der Waals surface area contributed by atoms with Crippen LogP contribution in [0.15, 0.2) is 53.8 Å². The molecule has 146 valence electrons. The predicted octanol–water partition coefficient (Wildman–Crippen LogP) is 1.20. The van der Waals surface area contributed by atoms with Gasteiger partial charge in [-0.3, -0.25) is 9.36 Å². The quantitative estimate of drug-likeness (QED) is 0.787. The Balaban J connectivity index is 1.63. The van der Waals surface area contributed by atoms with Crippen molar-refractivity contribution in [1.82, 2.24) is 19.5 Å². The molecule has 0 spiro atoms. The van der Waals surface area contributed by atoms with Crippen LogP contribution in [0.2, 0.25) is 0 Å². The molecule has 1 aliphatic heterocycles. The topological polar surface area (TPSA) is 82.4 Å². The van der Waals surface area contributed by atoms with Gasteiger partial charge >= 0.3 is 0 Å². The summed E-state index contributed by atoms with van der Waals surface area (Å²) in [5, 5.41) is 0. The number of hydrogen-bond acceptors (Lipinski definition) is 7. The highest BCUT2D eigenvalue weighted by Crippen LogP contribution is 2.26. The Kier molecular flexibility index (Phi) is 5.31. The van der Waals surface area contributed by atoms with Crippen LogP contribution in [0.4, 0.5) is 5.95 Å². The Hall–Kier alpha value is -2.84. The van der Waals surface area contributed by atoms with Gasteiger partial charge in [0.15, 0.2) is 0 Å². The minimum absolute atomic E-state index is 0.0286. The molecule has 8 nitrogen and oxygen atoms in total. The summed E-state index contributed by atoms with van der Waals surface area (Å²) in [7, 11) is 3.44. The minimum Gasteiger partial charge on any atom is -0.377 e. The van der Waals surface area contributed by atoms with Gasteiger partial charge in [-0.05, 0) is 6.07 Å². The molecule has 28 heavy (non-hydrogen) atoms. The van der Waals surface area contributed by atoms with E-state index in [9.17, 15) is 4.79 Å². The van der Waals surface area contributed by atoms with Crippen molar-refractivity contribution in [2.45, 2.75) is 12.2 Å². The molecular formula is C20H23N5O3. The lowest BCUT2D eigenvalue weighted by atomic mass is 9.91. The maximum Gasteiger partial charge on any atom is 0.255 e. The summed E-state index contributed by atoms with van der Waals surface area (Å²) in [6.45, 7) is 1.84. The standard InChI is InChI=1S/C20H23N5O3/c1-24-19(26)11-16(15-7-8-21-13-22-15)23-20(24)25-9-10-28-18(12-25)14-5-3-4-6-17(14)27-2/h3-8,11,13-14,17-18H,9-10,12H2,1-2H3/t14?,17?,18-/m0/s1. The first-order chi connectivity index (χ1) is 13.7. The molecule has 0 bridgehead atoms. The molecular weight excluding hydrogens is 358 g/mol. The molecule has 1 saturated heterocycles. The number of ether oxygens (including phenoxy) is 2. The van der Waals surface area contributed by atoms with E-state index < -0.39 is 0 Å². The normalized spacial score (nSPS) is 24.5. The Morgan fingerprint density at radius 3 is 2.89 bits per heavy atom. The van der Waals surface area contributed by atoms with Gasteiger partial charge in [-0.1, -0.05) is 24.3 Å². The van der Waals surface area contributed by atoms with Crippen molar-refractivity contribution in [3.05, 3.63) is 59.3 Å². The molecule has 2 aromatic rings. The van der Waals surface area contributed by atoms with E-state index in [1.807, 2.05) is 18.2 Å². The molecule has 0 radical (unpaired) electrons. The molecule has 8 heteroatoms. The lowest BCUT2D eigenvalue weighted by molar-refractivity contribution is -0.0266. The maximum atomic E-state index is 12.5. The summed E-state index contributed by atoms with van der Waals surface area (Å²) in [5.74, 6) is 0.721. The highest BCUT2D eigenvalue weighted by atomic mass is 16.5. The average molecular weight is 381 g/mol. The zero-order valence-corrected chi connectivity index (χ0v) is 15.9. The van der Waals surface area contributed by atoms with Crippen LogP contribution >= 0.6 is 0 Å². The lowest BCUT2D eigenvalue weighted by Crippen LogP contribution is -2.49. The van der Waals surface area contributed by atoms with E-state index in [1.165, 1.54) is 12.4 Å². The Morgan fingerprint density at radius 2 is 2.11 bits per heavy atom. The summed E-state index contributed by atoms with van der Waals surface area (Å²) in [6.07, 6.45) is 11.2. The van der Waals surface area contributed by atoms with Crippen LogP contribution in [0.5, 0.6) is 0 Å². The molecule has 1 aliphatic carbocycles. The van der Waals surface area contributed by atoms with Crippen LogP contribution < -0.4 is 10.5 Å². The fraction of sp³-hybridized carbons (Fsp3) is 0.400. The van der Waals surface area contributed by atoms with Crippen LogP contribution in [-0.4, -0.2) is 58.5 Å². The average Bonchev–Trinajstić information content (AvgIpc) is 2.76. The SMILES string of the molecule is COC1C=CC=CC1[C@@H]1CN(c2nc(-c3ccncn3)cc(=O)n2C)CCO1. The fourth-order valence-corrected chi connectivity index (χ4v) is 3.65. The number of aromatic nitrogens is 4. The molecule has 4 rings (SSSR count). The molecule has 3 atom stereocenters.